The lowest BCUT2D eigenvalue weighted by Crippen LogP contribution is -2.41. The van der Waals surface area contributed by atoms with E-state index in [1.165, 1.54) is 0 Å². The molecular weight excluding hydrogens is 312 g/mol. The Morgan fingerprint density at radius 1 is 1.17 bits per heavy atom. The molecule has 1 aliphatic heterocycles. The van der Waals surface area contributed by atoms with Crippen molar-refractivity contribution in [2.45, 2.75) is 38.9 Å². The molecule has 0 bridgehead atoms. The van der Waals surface area contributed by atoms with Gasteiger partial charge in [-0.1, -0.05) is 17.7 Å². The first kappa shape index (κ1) is 18.2. The lowest BCUT2D eigenvalue weighted by molar-refractivity contribution is 0.00578. The molecule has 0 spiro atoms. The average Bonchev–Trinajstić information content (AvgIpc) is 2.66. The van der Waals surface area contributed by atoms with Crippen LogP contribution in [0.1, 0.15) is 43.6 Å². The second kappa shape index (κ2) is 6.77. The molecule has 4 nitrogen and oxygen atoms in total. The minimum Gasteiger partial charge on any atom is -0.400 e. The minimum absolute atomic E-state index is 0.396. The molecule has 0 amide bonds. The average molecular weight is 336 g/mol. The molecule has 1 aromatic rings. The smallest absolute Gasteiger partial charge is 0.400 e. The molecule has 1 saturated heterocycles. The molecular formula is C17H23BClNO3. The number of hydrogen-bond donors (Lipinski definition) is 1. The van der Waals surface area contributed by atoms with E-state index in [0.29, 0.717) is 17.1 Å². The first-order valence-electron chi connectivity index (χ1n) is 7.65. The van der Waals surface area contributed by atoms with Crippen LogP contribution in [0.15, 0.2) is 23.7 Å². The molecule has 1 heterocycles. The maximum atomic E-state index is 11.0. The number of carbonyl (C=O) groups excluding carboxylic acids is 1. The number of nitrogens with one attached hydrogen (secondary N) is 1. The van der Waals surface area contributed by atoms with Gasteiger partial charge >= 0.3 is 7.12 Å². The largest absolute Gasteiger partial charge is 0.491 e. The highest BCUT2D eigenvalue weighted by atomic mass is 35.5. The van der Waals surface area contributed by atoms with Gasteiger partial charge in [0.1, 0.15) is 6.29 Å². The highest BCUT2D eigenvalue weighted by Gasteiger charge is 2.52. The monoisotopic (exact) mass is 335 g/mol. The van der Waals surface area contributed by atoms with Crippen molar-refractivity contribution >= 4 is 31.1 Å². The van der Waals surface area contributed by atoms with E-state index in [-0.39, 0.29) is 0 Å². The number of likely N-dealkylation sites (N-methyl/N-ethyl adjacent to an activating group) is 1. The van der Waals surface area contributed by atoms with Crippen LogP contribution in [0.2, 0.25) is 5.02 Å². The minimum atomic E-state index is -0.439. The van der Waals surface area contributed by atoms with Crippen LogP contribution in [0.5, 0.6) is 0 Å². The van der Waals surface area contributed by atoms with E-state index in [0.717, 1.165) is 17.3 Å². The second-order valence-corrected chi connectivity index (χ2v) is 7.21. The summed E-state index contributed by atoms with van der Waals surface area (Å²) in [6, 6.07) is 5.24. The molecule has 0 aromatic heterocycles. The van der Waals surface area contributed by atoms with Crippen LogP contribution < -0.4 is 5.32 Å². The van der Waals surface area contributed by atoms with Gasteiger partial charge in [0.15, 0.2) is 0 Å². The van der Waals surface area contributed by atoms with Crippen LogP contribution >= 0.6 is 11.6 Å². The Morgan fingerprint density at radius 2 is 1.74 bits per heavy atom. The van der Waals surface area contributed by atoms with Crippen molar-refractivity contribution in [1.82, 2.24) is 5.32 Å². The normalized spacial score (nSPS) is 19.9. The summed E-state index contributed by atoms with van der Waals surface area (Å²) in [5.74, 6) is 0. The van der Waals surface area contributed by atoms with E-state index < -0.39 is 18.3 Å². The zero-order valence-electron chi connectivity index (χ0n) is 14.3. The molecule has 0 radical (unpaired) electrons. The fraction of sp³-hybridized carbons (Fsp3) is 0.471. The van der Waals surface area contributed by atoms with Gasteiger partial charge in [0, 0.05) is 17.1 Å². The van der Waals surface area contributed by atoms with E-state index in [1.807, 2.05) is 46.9 Å². The molecule has 0 unspecified atom stereocenters. The van der Waals surface area contributed by atoms with Gasteiger partial charge in [0.25, 0.3) is 0 Å². The van der Waals surface area contributed by atoms with Crippen LogP contribution in [-0.2, 0) is 9.31 Å². The van der Waals surface area contributed by atoms with Gasteiger partial charge in [-0.25, -0.2) is 0 Å². The first-order chi connectivity index (χ1) is 10.7. The van der Waals surface area contributed by atoms with Crippen molar-refractivity contribution in [1.29, 1.82) is 0 Å². The SMILES string of the molecule is CNCC(=Cc1cc(Cl)cc(C=O)c1)B1OC(C)(C)C(C)(C)O1. The molecule has 0 atom stereocenters. The third kappa shape index (κ3) is 4.04. The highest BCUT2D eigenvalue weighted by Crippen LogP contribution is 2.38. The number of halogens is 1. The fourth-order valence-electron chi connectivity index (χ4n) is 2.40. The Kier molecular flexibility index (Phi) is 5.36. The summed E-state index contributed by atoms with van der Waals surface area (Å²) in [5, 5.41) is 3.66. The molecule has 1 aliphatic rings. The Balaban J connectivity index is 2.36. The van der Waals surface area contributed by atoms with E-state index >= 15 is 0 Å². The molecule has 1 aromatic carbocycles. The molecule has 1 fully saturated rings. The summed E-state index contributed by atoms with van der Waals surface area (Å²) in [6.07, 6.45) is 2.74. The summed E-state index contributed by atoms with van der Waals surface area (Å²) in [5.41, 5.74) is 1.55. The third-order valence-corrected chi connectivity index (χ3v) is 4.59. The predicted octanol–water partition coefficient (Wildman–Crippen LogP) is 3.39. The van der Waals surface area contributed by atoms with E-state index in [4.69, 9.17) is 20.9 Å². The Bertz CT molecular complexity index is 612. The van der Waals surface area contributed by atoms with Crippen LogP contribution in [0.25, 0.3) is 6.08 Å². The number of rotatable bonds is 5. The van der Waals surface area contributed by atoms with Gasteiger partial charge < -0.3 is 14.6 Å². The molecule has 23 heavy (non-hydrogen) atoms. The summed E-state index contributed by atoms with van der Waals surface area (Å²) in [7, 11) is 1.43. The number of aldehydes is 1. The third-order valence-electron chi connectivity index (χ3n) is 4.37. The molecule has 2 rings (SSSR count). The lowest BCUT2D eigenvalue weighted by Gasteiger charge is -2.32. The zero-order valence-corrected chi connectivity index (χ0v) is 15.0. The second-order valence-electron chi connectivity index (χ2n) is 6.77. The van der Waals surface area contributed by atoms with Crippen molar-refractivity contribution in [3.05, 3.63) is 39.8 Å². The molecule has 6 heteroatoms. The van der Waals surface area contributed by atoms with Crippen LogP contribution in [0, 0.1) is 0 Å². The first-order valence-corrected chi connectivity index (χ1v) is 8.03. The zero-order chi connectivity index (χ0) is 17.3. The number of hydrogen-bond acceptors (Lipinski definition) is 4. The van der Waals surface area contributed by atoms with Crippen LogP contribution in [-0.4, -0.2) is 38.2 Å². The summed E-state index contributed by atoms with van der Waals surface area (Å²) >= 11 is 6.07. The maximum absolute atomic E-state index is 11.0. The van der Waals surface area contributed by atoms with Crippen molar-refractivity contribution in [2.24, 2.45) is 0 Å². The van der Waals surface area contributed by atoms with Crippen LogP contribution in [0.4, 0.5) is 0 Å². The molecule has 0 saturated carbocycles. The Morgan fingerprint density at radius 3 is 2.26 bits per heavy atom. The highest BCUT2D eigenvalue weighted by molar-refractivity contribution is 6.56. The van der Waals surface area contributed by atoms with Gasteiger partial charge in [-0.2, -0.15) is 0 Å². The fourth-order valence-corrected chi connectivity index (χ4v) is 2.65. The van der Waals surface area contributed by atoms with Crippen LogP contribution in [0.3, 0.4) is 0 Å². The summed E-state index contributed by atoms with van der Waals surface area (Å²) in [6.45, 7) is 8.70. The van der Waals surface area contributed by atoms with Gasteiger partial charge in [0.05, 0.1) is 11.2 Å². The molecule has 1 N–H and O–H groups in total. The molecule has 124 valence electrons. The Hall–Kier alpha value is -1.14. The van der Waals surface area contributed by atoms with E-state index in [2.05, 4.69) is 5.32 Å². The standard InChI is InChI=1S/C17H23BClNO3/c1-16(2)17(3,4)23-18(22-16)14(10-20-5)7-12-6-13(11-21)9-15(19)8-12/h6-9,11,20H,10H2,1-5H3. The maximum Gasteiger partial charge on any atom is 0.491 e. The van der Waals surface area contributed by atoms with E-state index in [1.54, 1.807) is 12.1 Å². The Labute approximate surface area is 143 Å². The number of carbonyl (C=O) groups is 1. The lowest BCUT2D eigenvalue weighted by atomic mass is 9.77. The van der Waals surface area contributed by atoms with Gasteiger partial charge in [0.2, 0.25) is 0 Å². The van der Waals surface area contributed by atoms with Gasteiger partial charge in [-0.3, -0.25) is 4.79 Å². The quantitative estimate of drug-likeness (QED) is 0.662. The number of benzene rings is 1. The summed E-state index contributed by atoms with van der Waals surface area (Å²) in [4.78, 5) is 11.0. The summed E-state index contributed by atoms with van der Waals surface area (Å²) < 4.78 is 12.2. The van der Waals surface area contributed by atoms with Gasteiger partial charge in [-0.15, -0.1) is 0 Å². The van der Waals surface area contributed by atoms with Crippen molar-refractivity contribution in [3.63, 3.8) is 0 Å². The topological polar surface area (TPSA) is 47.6 Å². The van der Waals surface area contributed by atoms with Crippen molar-refractivity contribution < 1.29 is 14.1 Å². The van der Waals surface area contributed by atoms with E-state index in [9.17, 15) is 4.79 Å². The predicted molar refractivity (Wildman–Crippen MR) is 94.8 cm³/mol. The molecule has 0 aliphatic carbocycles. The van der Waals surface area contributed by atoms with Crippen molar-refractivity contribution in [3.8, 4) is 0 Å². The van der Waals surface area contributed by atoms with Crippen molar-refractivity contribution in [2.75, 3.05) is 13.6 Å². The van der Waals surface area contributed by atoms with Gasteiger partial charge in [-0.05, 0) is 64.0 Å².